The molecule has 1 aromatic carbocycles. The van der Waals surface area contributed by atoms with Crippen molar-refractivity contribution in [2.75, 3.05) is 13.1 Å². The van der Waals surface area contributed by atoms with Crippen molar-refractivity contribution in [1.82, 2.24) is 10.2 Å². The summed E-state index contributed by atoms with van der Waals surface area (Å²) in [5.74, 6) is -2.47. The van der Waals surface area contributed by atoms with Crippen LogP contribution in [0.1, 0.15) is 18.0 Å². The van der Waals surface area contributed by atoms with E-state index in [1.165, 1.54) is 4.90 Å². The smallest absolute Gasteiger partial charge is 0.307 e. The van der Waals surface area contributed by atoms with E-state index in [9.17, 15) is 14.4 Å². The lowest BCUT2D eigenvalue weighted by Gasteiger charge is -2.35. The number of rotatable bonds is 3. The zero-order valence-corrected chi connectivity index (χ0v) is 11.4. The van der Waals surface area contributed by atoms with Crippen LogP contribution in [-0.2, 0) is 14.4 Å². The van der Waals surface area contributed by atoms with Gasteiger partial charge in [0.15, 0.2) is 0 Å². The molecular formula is C15H16N2O4. The fourth-order valence-electron chi connectivity index (χ4n) is 2.82. The molecule has 2 aliphatic rings. The lowest BCUT2D eigenvalue weighted by molar-refractivity contribution is -0.146. The van der Waals surface area contributed by atoms with Crippen molar-refractivity contribution in [2.45, 2.75) is 12.5 Å². The van der Waals surface area contributed by atoms with Gasteiger partial charge in [0.2, 0.25) is 11.8 Å². The van der Waals surface area contributed by atoms with Gasteiger partial charge in [-0.1, -0.05) is 30.3 Å². The molecule has 0 aromatic heterocycles. The van der Waals surface area contributed by atoms with E-state index >= 15 is 0 Å². The molecule has 1 heterocycles. The van der Waals surface area contributed by atoms with Gasteiger partial charge in [-0.05, 0) is 12.0 Å². The molecule has 1 aliphatic heterocycles. The van der Waals surface area contributed by atoms with Crippen LogP contribution in [0.5, 0.6) is 0 Å². The van der Waals surface area contributed by atoms with Crippen LogP contribution in [0, 0.1) is 11.8 Å². The molecule has 1 aliphatic carbocycles. The van der Waals surface area contributed by atoms with Gasteiger partial charge in [0.05, 0.1) is 11.8 Å². The number of hydrogen-bond acceptors (Lipinski definition) is 3. The number of amides is 2. The summed E-state index contributed by atoms with van der Waals surface area (Å²) < 4.78 is 0. The van der Waals surface area contributed by atoms with Crippen molar-refractivity contribution in [2.24, 2.45) is 11.8 Å². The first kappa shape index (κ1) is 13.6. The Bertz CT molecular complexity index is 587. The molecule has 0 bridgehead atoms. The maximum Gasteiger partial charge on any atom is 0.307 e. The summed E-state index contributed by atoms with van der Waals surface area (Å²) >= 11 is 0. The van der Waals surface area contributed by atoms with Gasteiger partial charge in [0.1, 0.15) is 6.04 Å². The monoisotopic (exact) mass is 288 g/mol. The van der Waals surface area contributed by atoms with Crippen molar-refractivity contribution in [3.63, 3.8) is 0 Å². The molecule has 21 heavy (non-hydrogen) atoms. The second-order valence-corrected chi connectivity index (χ2v) is 5.42. The SMILES string of the molecule is O=C(O)[C@@H]1C[C@@H]1C(=O)N1CCNC(=O)[C@H]1c1ccccc1. The quantitative estimate of drug-likeness (QED) is 0.843. The van der Waals surface area contributed by atoms with Gasteiger partial charge < -0.3 is 15.3 Å². The van der Waals surface area contributed by atoms with Gasteiger partial charge in [-0.15, -0.1) is 0 Å². The number of nitrogens with one attached hydrogen (secondary N) is 1. The Balaban J connectivity index is 1.84. The van der Waals surface area contributed by atoms with Crippen LogP contribution >= 0.6 is 0 Å². The molecule has 2 N–H and O–H groups in total. The van der Waals surface area contributed by atoms with Gasteiger partial charge in [-0.3, -0.25) is 14.4 Å². The van der Waals surface area contributed by atoms with E-state index in [-0.39, 0.29) is 11.8 Å². The summed E-state index contributed by atoms with van der Waals surface area (Å²) in [5, 5.41) is 11.7. The van der Waals surface area contributed by atoms with E-state index in [1.54, 1.807) is 12.1 Å². The van der Waals surface area contributed by atoms with Gasteiger partial charge in [0.25, 0.3) is 0 Å². The van der Waals surface area contributed by atoms with Crippen molar-refractivity contribution >= 4 is 17.8 Å². The third kappa shape index (κ3) is 2.49. The molecule has 2 fully saturated rings. The van der Waals surface area contributed by atoms with E-state index in [0.29, 0.717) is 19.5 Å². The molecule has 0 spiro atoms. The highest BCUT2D eigenvalue weighted by molar-refractivity contribution is 5.94. The van der Waals surface area contributed by atoms with Gasteiger partial charge in [0, 0.05) is 13.1 Å². The topological polar surface area (TPSA) is 86.7 Å². The summed E-state index contributed by atoms with van der Waals surface area (Å²) in [6.45, 7) is 0.811. The van der Waals surface area contributed by atoms with Crippen molar-refractivity contribution in [3.8, 4) is 0 Å². The summed E-state index contributed by atoms with van der Waals surface area (Å²) in [4.78, 5) is 37.1. The Morgan fingerprint density at radius 1 is 1.19 bits per heavy atom. The Kier molecular flexibility index (Phi) is 3.37. The molecule has 0 unspecified atom stereocenters. The van der Waals surface area contributed by atoms with Crippen LogP contribution < -0.4 is 5.32 Å². The number of carboxylic acids is 1. The Hall–Kier alpha value is -2.37. The molecule has 6 nitrogen and oxygen atoms in total. The molecule has 1 saturated heterocycles. The second-order valence-electron chi connectivity index (χ2n) is 5.42. The predicted octanol–water partition coefficient (Wildman–Crippen LogP) is 0.407. The Morgan fingerprint density at radius 3 is 2.52 bits per heavy atom. The molecule has 3 rings (SSSR count). The number of hydrogen-bond donors (Lipinski definition) is 2. The highest BCUT2D eigenvalue weighted by Gasteiger charge is 2.51. The number of carboxylic acid groups (broad SMARTS) is 1. The average Bonchev–Trinajstić information content (AvgIpc) is 3.28. The summed E-state index contributed by atoms with van der Waals surface area (Å²) in [7, 11) is 0. The third-order valence-electron chi connectivity index (χ3n) is 4.04. The lowest BCUT2D eigenvalue weighted by Crippen LogP contribution is -2.52. The minimum absolute atomic E-state index is 0.215. The van der Waals surface area contributed by atoms with Crippen molar-refractivity contribution in [3.05, 3.63) is 35.9 Å². The van der Waals surface area contributed by atoms with Gasteiger partial charge >= 0.3 is 5.97 Å². The predicted molar refractivity (Wildman–Crippen MR) is 73.1 cm³/mol. The zero-order chi connectivity index (χ0) is 15.0. The highest BCUT2D eigenvalue weighted by Crippen LogP contribution is 2.41. The minimum Gasteiger partial charge on any atom is -0.481 e. The van der Waals surface area contributed by atoms with Crippen LogP contribution in [0.25, 0.3) is 0 Å². The van der Waals surface area contributed by atoms with Crippen LogP contribution in [0.15, 0.2) is 30.3 Å². The number of benzene rings is 1. The first-order valence-corrected chi connectivity index (χ1v) is 6.95. The largest absolute Gasteiger partial charge is 0.481 e. The number of aliphatic carboxylic acids is 1. The zero-order valence-electron chi connectivity index (χ0n) is 11.4. The maximum atomic E-state index is 12.5. The van der Waals surface area contributed by atoms with E-state index in [0.717, 1.165) is 5.56 Å². The van der Waals surface area contributed by atoms with Gasteiger partial charge in [-0.25, -0.2) is 0 Å². The molecule has 0 radical (unpaired) electrons. The first-order valence-electron chi connectivity index (χ1n) is 6.95. The number of carbonyl (C=O) groups excluding carboxylic acids is 2. The van der Waals surface area contributed by atoms with E-state index in [2.05, 4.69) is 5.32 Å². The fourth-order valence-corrected chi connectivity index (χ4v) is 2.82. The molecular weight excluding hydrogens is 272 g/mol. The van der Waals surface area contributed by atoms with Crippen LogP contribution in [0.3, 0.4) is 0 Å². The highest BCUT2D eigenvalue weighted by atomic mass is 16.4. The number of nitrogens with zero attached hydrogens (tertiary/aromatic N) is 1. The Morgan fingerprint density at radius 2 is 1.90 bits per heavy atom. The number of carbonyl (C=O) groups is 3. The first-order chi connectivity index (χ1) is 10.1. The molecule has 6 heteroatoms. The summed E-state index contributed by atoms with van der Waals surface area (Å²) in [5.41, 5.74) is 0.746. The second kappa shape index (κ2) is 5.20. The molecule has 110 valence electrons. The minimum atomic E-state index is -0.939. The summed E-state index contributed by atoms with van der Waals surface area (Å²) in [6.07, 6.45) is 0.369. The Labute approximate surface area is 121 Å². The van der Waals surface area contributed by atoms with Crippen LogP contribution in [-0.4, -0.2) is 40.9 Å². The molecule has 1 saturated carbocycles. The third-order valence-corrected chi connectivity index (χ3v) is 4.04. The van der Waals surface area contributed by atoms with E-state index in [1.807, 2.05) is 18.2 Å². The molecule has 2 amide bonds. The van der Waals surface area contributed by atoms with Gasteiger partial charge in [-0.2, -0.15) is 0 Å². The van der Waals surface area contributed by atoms with Crippen LogP contribution in [0.4, 0.5) is 0 Å². The molecule has 1 aromatic rings. The normalized spacial score (nSPS) is 27.9. The standard InChI is InChI=1S/C15H16N2O4/c18-13-12(9-4-2-1-3-5-9)17(7-6-16-13)14(19)10-8-11(10)15(20)21/h1-5,10-12H,6-8H2,(H,16,18)(H,20,21)/t10-,11+,12+/m0/s1. The maximum absolute atomic E-state index is 12.5. The van der Waals surface area contributed by atoms with Crippen LogP contribution in [0.2, 0.25) is 0 Å². The van der Waals surface area contributed by atoms with Crippen molar-refractivity contribution in [1.29, 1.82) is 0 Å². The van der Waals surface area contributed by atoms with Crippen molar-refractivity contribution < 1.29 is 19.5 Å². The molecule has 3 atom stereocenters. The average molecular weight is 288 g/mol. The summed E-state index contributed by atoms with van der Waals surface area (Å²) in [6, 6.07) is 8.42. The van der Waals surface area contributed by atoms with E-state index in [4.69, 9.17) is 5.11 Å². The lowest BCUT2D eigenvalue weighted by atomic mass is 10.0. The number of piperazine rings is 1. The fraction of sp³-hybridized carbons (Fsp3) is 0.400. The van der Waals surface area contributed by atoms with E-state index < -0.39 is 23.8 Å².